The average molecular weight is 435 g/mol. The molecule has 0 aromatic heterocycles. The number of aliphatic hydroxyl groups excluding tert-OH is 2. The highest BCUT2D eigenvalue weighted by Crippen LogP contribution is 2.19. The highest BCUT2D eigenvalue weighted by atomic mass is 32.2. The fourth-order valence-corrected chi connectivity index (χ4v) is 3.45. The van der Waals surface area contributed by atoms with E-state index in [1.807, 2.05) is 6.26 Å². The van der Waals surface area contributed by atoms with Gasteiger partial charge in [-0.3, -0.25) is 14.4 Å². The number of hydrogen-bond donors (Lipinski definition) is 6. The van der Waals surface area contributed by atoms with E-state index >= 15 is 0 Å². The van der Waals surface area contributed by atoms with Gasteiger partial charge in [0.05, 0.1) is 12.7 Å². The van der Waals surface area contributed by atoms with Crippen LogP contribution in [0.3, 0.4) is 0 Å². The molecule has 5 atom stereocenters. The number of aliphatic carboxylic acids is 1. The molecular formula is C17H30N4O7S. The second-order valence-corrected chi connectivity index (χ2v) is 7.87. The molecule has 166 valence electrons. The molecule has 1 fully saturated rings. The topological polar surface area (TPSA) is 182 Å². The zero-order valence-corrected chi connectivity index (χ0v) is 17.4. The lowest BCUT2D eigenvalue weighted by Gasteiger charge is -2.30. The maximum absolute atomic E-state index is 12.8. The molecule has 29 heavy (non-hydrogen) atoms. The van der Waals surface area contributed by atoms with Crippen molar-refractivity contribution in [2.45, 2.75) is 56.5 Å². The predicted molar refractivity (Wildman–Crippen MR) is 106 cm³/mol. The number of thioether (sulfide) groups is 1. The maximum Gasteiger partial charge on any atom is 0.326 e. The number of carbonyl (C=O) groups is 4. The van der Waals surface area contributed by atoms with E-state index in [1.165, 1.54) is 18.7 Å². The van der Waals surface area contributed by atoms with Gasteiger partial charge in [0.1, 0.15) is 24.2 Å². The molecule has 0 aromatic carbocycles. The zero-order valence-electron chi connectivity index (χ0n) is 16.5. The van der Waals surface area contributed by atoms with Crippen LogP contribution in [-0.4, -0.2) is 99.3 Å². The highest BCUT2D eigenvalue weighted by Gasteiger charge is 2.40. The summed E-state index contributed by atoms with van der Waals surface area (Å²) in [5.41, 5.74) is 5.46. The van der Waals surface area contributed by atoms with E-state index in [0.29, 0.717) is 18.6 Å². The van der Waals surface area contributed by atoms with Crippen LogP contribution >= 0.6 is 11.8 Å². The molecule has 1 rings (SSSR count). The van der Waals surface area contributed by atoms with Crippen LogP contribution in [-0.2, 0) is 19.2 Å². The van der Waals surface area contributed by atoms with Crippen molar-refractivity contribution in [2.75, 3.05) is 25.2 Å². The standard InChI is InChI=1S/C17H30N4O7S/c1-9(23)13(16(26)21-6-3-4-12(21)17(27)28)20-15(25)11(5-7-29-2)19-14(24)10(18)8-22/h9-13,22-23H,3-8,18H2,1-2H3,(H,19,24)(H,20,25)(H,27,28). The van der Waals surface area contributed by atoms with Gasteiger partial charge in [-0.1, -0.05) is 0 Å². The first-order valence-electron chi connectivity index (χ1n) is 9.31. The number of carboxylic acid groups (broad SMARTS) is 1. The minimum atomic E-state index is -1.36. The number of nitrogens with two attached hydrogens (primary N) is 1. The number of aliphatic hydroxyl groups is 2. The Kier molecular flexibility index (Phi) is 10.4. The highest BCUT2D eigenvalue weighted by molar-refractivity contribution is 7.98. The first kappa shape index (κ1) is 25.1. The van der Waals surface area contributed by atoms with Gasteiger partial charge in [0.2, 0.25) is 17.7 Å². The number of hydrogen-bond acceptors (Lipinski definition) is 8. The first-order valence-corrected chi connectivity index (χ1v) is 10.7. The summed E-state index contributed by atoms with van der Waals surface area (Å²) in [6, 6.07) is -4.59. The Morgan fingerprint density at radius 1 is 1.24 bits per heavy atom. The van der Waals surface area contributed by atoms with Gasteiger partial charge in [0.25, 0.3) is 0 Å². The Bertz CT molecular complexity index is 604. The van der Waals surface area contributed by atoms with Crippen molar-refractivity contribution in [2.24, 2.45) is 5.73 Å². The van der Waals surface area contributed by atoms with E-state index in [9.17, 15) is 29.4 Å². The molecule has 1 aliphatic rings. The van der Waals surface area contributed by atoms with Gasteiger partial charge in [-0.15, -0.1) is 0 Å². The monoisotopic (exact) mass is 434 g/mol. The van der Waals surface area contributed by atoms with Crippen molar-refractivity contribution in [3.8, 4) is 0 Å². The molecule has 7 N–H and O–H groups in total. The smallest absolute Gasteiger partial charge is 0.326 e. The quantitative estimate of drug-likeness (QED) is 0.204. The van der Waals surface area contributed by atoms with Gasteiger partial charge in [-0.05, 0) is 38.2 Å². The largest absolute Gasteiger partial charge is 0.480 e. The summed E-state index contributed by atoms with van der Waals surface area (Å²) in [4.78, 5) is 49.9. The van der Waals surface area contributed by atoms with Crippen LogP contribution in [0.2, 0.25) is 0 Å². The predicted octanol–water partition coefficient (Wildman–Crippen LogP) is -2.51. The third kappa shape index (κ3) is 7.14. The fourth-order valence-electron chi connectivity index (χ4n) is 2.97. The number of likely N-dealkylation sites (tertiary alicyclic amines) is 1. The van der Waals surface area contributed by atoms with Gasteiger partial charge >= 0.3 is 5.97 Å². The van der Waals surface area contributed by atoms with Crippen molar-refractivity contribution < 1.29 is 34.5 Å². The minimum absolute atomic E-state index is 0.215. The van der Waals surface area contributed by atoms with Crippen molar-refractivity contribution in [1.29, 1.82) is 0 Å². The van der Waals surface area contributed by atoms with Gasteiger partial charge in [-0.25, -0.2) is 4.79 Å². The van der Waals surface area contributed by atoms with Crippen molar-refractivity contribution in [3.05, 3.63) is 0 Å². The maximum atomic E-state index is 12.8. The molecular weight excluding hydrogens is 404 g/mol. The number of rotatable bonds is 11. The molecule has 1 heterocycles. The molecule has 11 nitrogen and oxygen atoms in total. The van der Waals surface area contributed by atoms with Crippen molar-refractivity contribution in [1.82, 2.24) is 15.5 Å². The lowest BCUT2D eigenvalue weighted by atomic mass is 10.1. The number of amides is 3. The lowest BCUT2D eigenvalue weighted by Crippen LogP contribution is -2.60. The molecule has 0 bridgehead atoms. The number of carbonyl (C=O) groups excluding carboxylic acids is 3. The van der Waals surface area contributed by atoms with Crippen molar-refractivity contribution in [3.63, 3.8) is 0 Å². The zero-order chi connectivity index (χ0) is 22.1. The molecule has 0 saturated carbocycles. The lowest BCUT2D eigenvalue weighted by molar-refractivity contribution is -0.150. The van der Waals surface area contributed by atoms with E-state index in [0.717, 1.165) is 4.90 Å². The summed E-state index contributed by atoms with van der Waals surface area (Å²) in [6.45, 7) is 0.932. The van der Waals surface area contributed by atoms with Crippen LogP contribution in [0, 0.1) is 0 Å². The van der Waals surface area contributed by atoms with E-state index in [4.69, 9.17) is 10.8 Å². The summed E-state index contributed by atoms with van der Waals surface area (Å²) >= 11 is 1.44. The molecule has 1 saturated heterocycles. The summed E-state index contributed by atoms with van der Waals surface area (Å²) in [5, 5.41) is 33.1. The Balaban J connectivity index is 2.92. The molecule has 0 spiro atoms. The van der Waals surface area contributed by atoms with E-state index in [1.54, 1.807) is 0 Å². The van der Waals surface area contributed by atoms with Crippen LogP contribution in [0.1, 0.15) is 26.2 Å². The first-order chi connectivity index (χ1) is 13.6. The van der Waals surface area contributed by atoms with Crippen LogP contribution in [0.4, 0.5) is 0 Å². The van der Waals surface area contributed by atoms with Crippen LogP contribution in [0.5, 0.6) is 0 Å². The Morgan fingerprint density at radius 3 is 2.41 bits per heavy atom. The Morgan fingerprint density at radius 2 is 1.90 bits per heavy atom. The second-order valence-electron chi connectivity index (χ2n) is 6.89. The number of carboxylic acids is 1. The number of nitrogens with zero attached hydrogens (tertiary/aromatic N) is 1. The van der Waals surface area contributed by atoms with E-state index in [-0.39, 0.29) is 13.0 Å². The Hall–Kier alpha value is -1.89. The summed E-state index contributed by atoms with van der Waals surface area (Å²) in [5.74, 6) is -2.75. The molecule has 0 aliphatic carbocycles. The molecule has 1 aliphatic heterocycles. The van der Waals surface area contributed by atoms with Crippen LogP contribution in [0.15, 0.2) is 0 Å². The minimum Gasteiger partial charge on any atom is -0.480 e. The second kappa shape index (κ2) is 12.0. The van der Waals surface area contributed by atoms with Crippen LogP contribution in [0.25, 0.3) is 0 Å². The fraction of sp³-hybridized carbons (Fsp3) is 0.765. The molecule has 0 radical (unpaired) electrons. The van der Waals surface area contributed by atoms with Gasteiger partial charge in [0.15, 0.2) is 0 Å². The SMILES string of the molecule is CSCCC(NC(=O)C(N)CO)C(=O)NC(C(=O)N1CCCC1C(=O)O)C(C)O. The molecule has 3 amide bonds. The summed E-state index contributed by atoms with van der Waals surface area (Å²) in [6.07, 6.45) is 1.58. The summed E-state index contributed by atoms with van der Waals surface area (Å²) in [7, 11) is 0. The molecule has 0 aromatic rings. The third-order valence-corrected chi connectivity index (χ3v) is 5.29. The Labute approximate surface area is 173 Å². The average Bonchev–Trinajstić information content (AvgIpc) is 3.17. The van der Waals surface area contributed by atoms with Gasteiger partial charge < -0.3 is 36.6 Å². The molecule has 12 heteroatoms. The third-order valence-electron chi connectivity index (χ3n) is 4.64. The number of nitrogens with one attached hydrogen (secondary N) is 2. The van der Waals surface area contributed by atoms with Crippen LogP contribution < -0.4 is 16.4 Å². The summed E-state index contributed by atoms with van der Waals surface area (Å²) < 4.78 is 0. The van der Waals surface area contributed by atoms with Crippen molar-refractivity contribution >= 4 is 35.5 Å². The van der Waals surface area contributed by atoms with E-state index < -0.39 is 60.6 Å². The van der Waals surface area contributed by atoms with E-state index in [2.05, 4.69) is 10.6 Å². The van der Waals surface area contributed by atoms with Gasteiger partial charge in [-0.2, -0.15) is 11.8 Å². The molecule has 5 unspecified atom stereocenters. The normalized spacial score (nSPS) is 20.4. The van der Waals surface area contributed by atoms with Gasteiger partial charge in [0, 0.05) is 6.54 Å².